The number of para-hydroxylation sites is 1. The Balaban J connectivity index is 2.89. The van der Waals surface area contributed by atoms with Crippen LogP contribution >= 0.6 is 0 Å². The molecule has 1 aromatic carbocycles. The topological polar surface area (TPSA) is 55.1 Å². The lowest BCUT2D eigenvalue weighted by atomic mass is 10.1. The number of hydrogen-bond donors (Lipinski definition) is 2. The van der Waals surface area contributed by atoms with Gasteiger partial charge in [-0.3, -0.25) is 0 Å². The molecule has 0 aliphatic heterocycles. The van der Waals surface area contributed by atoms with Crippen LogP contribution in [0.5, 0.6) is 0 Å². The quantitative estimate of drug-likeness (QED) is 0.685. The lowest BCUT2D eigenvalue weighted by Crippen LogP contribution is -2.19. The molecule has 0 unspecified atom stereocenters. The van der Waals surface area contributed by atoms with Crippen molar-refractivity contribution in [2.45, 2.75) is 6.92 Å². The number of urea groups is 1. The second-order valence-corrected chi connectivity index (χ2v) is 2.37. The van der Waals surface area contributed by atoms with E-state index in [9.17, 15) is 4.79 Å². The molecule has 1 rings (SSSR count). The largest absolute Gasteiger partial charge is 0.351 e. The minimum absolute atomic E-state index is 0.538. The van der Waals surface area contributed by atoms with Crippen molar-refractivity contribution < 1.29 is 4.79 Å². The molecule has 0 aliphatic rings. The summed E-state index contributed by atoms with van der Waals surface area (Å²) in [5.74, 6) is 0. The zero-order valence-electron chi connectivity index (χ0n) is 6.87. The number of nitrogens with one attached hydrogen (secondary N) is 1. The van der Waals surface area contributed by atoms with Crippen molar-refractivity contribution in [1.82, 2.24) is 0 Å². The molecule has 0 saturated heterocycles. The minimum atomic E-state index is -0.538. The van der Waals surface area contributed by atoms with E-state index in [-0.39, 0.29) is 0 Å². The predicted molar refractivity (Wildman–Crippen MR) is 48.7 cm³/mol. The normalized spacial score (nSPS) is 9.42. The third-order valence-corrected chi connectivity index (χ3v) is 1.53. The molecular weight excluding hydrogens is 152 g/mol. The van der Waals surface area contributed by atoms with Crippen LogP contribution in [-0.4, -0.2) is 6.03 Å². The van der Waals surface area contributed by atoms with Gasteiger partial charge in [0.05, 0.1) is 0 Å². The number of nitrogens with two attached hydrogens (primary N) is 1. The van der Waals surface area contributed by atoms with E-state index in [1.165, 1.54) is 0 Å². The van der Waals surface area contributed by atoms with E-state index in [0.29, 0.717) is 0 Å². The molecule has 2 amide bonds. The van der Waals surface area contributed by atoms with Crippen molar-refractivity contribution in [1.29, 1.82) is 0 Å². The summed E-state index contributed by atoms with van der Waals surface area (Å²) >= 11 is 0. The Bertz CT molecular complexity index is 284. The van der Waals surface area contributed by atoms with Crippen LogP contribution in [-0.2, 0) is 0 Å². The summed E-state index contributed by atoms with van der Waals surface area (Å²) in [6, 6.07) is 6.93. The lowest BCUT2D eigenvalue weighted by Gasteiger charge is -2.05. The van der Waals surface area contributed by atoms with Gasteiger partial charge in [0.2, 0.25) is 0 Å². The Morgan fingerprint density at radius 1 is 1.50 bits per heavy atom. The number of anilines is 1. The smallest absolute Gasteiger partial charge is 0.316 e. The van der Waals surface area contributed by atoms with E-state index in [2.05, 4.69) is 5.32 Å². The second-order valence-electron chi connectivity index (χ2n) is 2.37. The number of hydrogen-bond acceptors (Lipinski definition) is 1. The highest BCUT2D eigenvalue weighted by atomic mass is 16.2. The van der Waals surface area contributed by atoms with Crippen LogP contribution in [0.2, 0.25) is 0 Å². The van der Waals surface area contributed by atoms with E-state index in [1.54, 1.807) is 6.07 Å². The number of carbonyl (C=O) groups excluding carboxylic acids is 1. The molecule has 0 bridgehead atoms. The Labute approximate surface area is 71.6 Å². The molecule has 0 atom stereocenters. The molecule has 0 aliphatic carbocycles. The fourth-order valence-electron chi connectivity index (χ4n) is 0.995. The van der Waals surface area contributed by atoms with Gasteiger partial charge in [-0.15, -0.1) is 0 Å². The molecule has 3 heteroatoms. The van der Waals surface area contributed by atoms with Crippen molar-refractivity contribution in [3.8, 4) is 0 Å². The standard InChI is InChI=1S/C9H11N2O/c1-2-7-5-3-4-6-8(7)11-9(10)12/h2-6H,1H3,(H3,10,11,12). The maximum absolute atomic E-state index is 10.5. The minimum Gasteiger partial charge on any atom is -0.351 e. The van der Waals surface area contributed by atoms with Gasteiger partial charge < -0.3 is 11.1 Å². The van der Waals surface area contributed by atoms with Crippen LogP contribution in [0.1, 0.15) is 12.5 Å². The van der Waals surface area contributed by atoms with E-state index in [1.807, 2.05) is 31.5 Å². The first-order chi connectivity index (χ1) is 5.74. The molecule has 0 fully saturated rings. The molecule has 0 heterocycles. The average Bonchev–Trinajstić information content (AvgIpc) is 2.04. The van der Waals surface area contributed by atoms with Crippen molar-refractivity contribution in [3.05, 3.63) is 36.2 Å². The van der Waals surface area contributed by atoms with Crippen LogP contribution in [0, 0.1) is 6.42 Å². The third kappa shape index (κ3) is 1.99. The van der Waals surface area contributed by atoms with Gasteiger partial charge in [-0.05, 0) is 18.1 Å². The van der Waals surface area contributed by atoms with Crippen LogP contribution in [0.4, 0.5) is 10.5 Å². The summed E-state index contributed by atoms with van der Waals surface area (Å²) in [7, 11) is 0. The average molecular weight is 163 g/mol. The number of rotatable bonds is 2. The molecule has 0 saturated carbocycles. The monoisotopic (exact) mass is 163 g/mol. The number of amides is 2. The molecular formula is C9H11N2O. The van der Waals surface area contributed by atoms with E-state index in [0.717, 1.165) is 11.3 Å². The van der Waals surface area contributed by atoms with Gasteiger partial charge in [0.25, 0.3) is 0 Å². The maximum atomic E-state index is 10.5. The van der Waals surface area contributed by atoms with Crippen molar-refractivity contribution in [3.63, 3.8) is 0 Å². The Morgan fingerprint density at radius 3 is 2.75 bits per heavy atom. The molecule has 1 aromatic rings. The molecule has 3 nitrogen and oxygen atoms in total. The fourth-order valence-corrected chi connectivity index (χ4v) is 0.995. The third-order valence-electron chi connectivity index (χ3n) is 1.53. The zero-order valence-corrected chi connectivity index (χ0v) is 6.87. The zero-order chi connectivity index (χ0) is 8.97. The maximum Gasteiger partial charge on any atom is 0.316 e. The van der Waals surface area contributed by atoms with Gasteiger partial charge in [-0.25, -0.2) is 4.79 Å². The van der Waals surface area contributed by atoms with Gasteiger partial charge in [-0.2, -0.15) is 0 Å². The Hall–Kier alpha value is -1.51. The van der Waals surface area contributed by atoms with Gasteiger partial charge in [0, 0.05) is 5.69 Å². The van der Waals surface area contributed by atoms with Gasteiger partial charge in [-0.1, -0.05) is 25.1 Å². The first-order valence-corrected chi connectivity index (χ1v) is 3.69. The Kier molecular flexibility index (Phi) is 2.69. The Morgan fingerprint density at radius 2 is 2.17 bits per heavy atom. The highest BCUT2D eigenvalue weighted by Crippen LogP contribution is 2.15. The molecule has 3 N–H and O–H groups in total. The number of benzene rings is 1. The fraction of sp³-hybridized carbons (Fsp3) is 0.111. The van der Waals surface area contributed by atoms with Crippen molar-refractivity contribution in [2.24, 2.45) is 5.73 Å². The highest BCUT2D eigenvalue weighted by molar-refractivity contribution is 5.88. The van der Waals surface area contributed by atoms with Crippen molar-refractivity contribution in [2.75, 3.05) is 5.32 Å². The summed E-state index contributed by atoms with van der Waals surface area (Å²) < 4.78 is 0. The first-order valence-electron chi connectivity index (χ1n) is 3.69. The summed E-state index contributed by atoms with van der Waals surface area (Å²) in [6.45, 7) is 1.90. The molecule has 1 radical (unpaired) electrons. The van der Waals surface area contributed by atoms with Crippen LogP contribution in [0.3, 0.4) is 0 Å². The molecule has 63 valence electrons. The van der Waals surface area contributed by atoms with Gasteiger partial charge in [0.15, 0.2) is 0 Å². The van der Waals surface area contributed by atoms with Crippen LogP contribution in [0.25, 0.3) is 0 Å². The predicted octanol–water partition coefficient (Wildman–Crippen LogP) is 1.75. The number of primary amides is 1. The first kappa shape index (κ1) is 8.59. The SMILES string of the molecule is C[CH]c1ccccc1NC(N)=O. The second kappa shape index (κ2) is 3.76. The van der Waals surface area contributed by atoms with Gasteiger partial charge >= 0.3 is 6.03 Å². The highest BCUT2D eigenvalue weighted by Gasteiger charge is 2.00. The summed E-state index contributed by atoms with van der Waals surface area (Å²) in [5, 5.41) is 2.53. The summed E-state index contributed by atoms with van der Waals surface area (Å²) in [6.07, 6.45) is 1.91. The summed E-state index contributed by atoms with van der Waals surface area (Å²) in [5.41, 5.74) is 6.70. The molecule has 0 aromatic heterocycles. The molecule has 0 spiro atoms. The van der Waals surface area contributed by atoms with Crippen LogP contribution in [0.15, 0.2) is 24.3 Å². The van der Waals surface area contributed by atoms with Crippen molar-refractivity contribution >= 4 is 11.7 Å². The molecule has 12 heavy (non-hydrogen) atoms. The van der Waals surface area contributed by atoms with E-state index < -0.39 is 6.03 Å². The van der Waals surface area contributed by atoms with E-state index >= 15 is 0 Å². The van der Waals surface area contributed by atoms with Crippen LogP contribution < -0.4 is 11.1 Å². The lowest BCUT2D eigenvalue weighted by molar-refractivity contribution is 0.259. The summed E-state index contributed by atoms with van der Waals surface area (Å²) in [4.78, 5) is 10.5. The number of carbonyl (C=O) groups is 1. The van der Waals surface area contributed by atoms with Gasteiger partial charge in [0.1, 0.15) is 0 Å². The van der Waals surface area contributed by atoms with E-state index in [4.69, 9.17) is 5.73 Å².